The number of carbonyl (C=O) groups excluding carboxylic acids is 2. The molecule has 0 radical (unpaired) electrons. The van der Waals surface area contributed by atoms with Crippen LogP contribution in [0.3, 0.4) is 0 Å². The number of aromatic nitrogens is 1. The summed E-state index contributed by atoms with van der Waals surface area (Å²) in [5, 5.41) is 5.96. The number of hydrogen-bond donors (Lipinski definition) is 2. The molecule has 2 fully saturated rings. The molecule has 1 saturated heterocycles. The van der Waals surface area contributed by atoms with Crippen LogP contribution in [0.4, 0.5) is 10.6 Å². The third-order valence-electron chi connectivity index (χ3n) is 5.47. The quantitative estimate of drug-likeness (QED) is 0.793. The van der Waals surface area contributed by atoms with Gasteiger partial charge in [0.25, 0.3) is 0 Å². The minimum Gasteiger partial charge on any atom is -0.353 e. The van der Waals surface area contributed by atoms with Crippen LogP contribution in [0.2, 0.25) is 0 Å². The summed E-state index contributed by atoms with van der Waals surface area (Å²) in [6.45, 7) is 4.49. The Morgan fingerprint density at radius 3 is 2.41 bits per heavy atom. The van der Waals surface area contributed by atoms with Crippen molar-refractivity contribution in [3.05, 3.63) is 24.4 Å². The molecule has 3 rings (SSSR count). The van der Waals surface area contributed by atoms with E-state index in [-0.39, 0.29) is 18.0 Å². The molecule has 0 bridgehead atoms. The van der Waals surface area contributed by atoms with Crippen molar-refractivity contribution >= 4 is 17.8 Å². The van der Waals surface area contributed by atoms with Gasteiger partial charge in [0.1, 0.15) is 11.9 Å². The molecule has 27 heavy (non-hydrogen) atoms. The first-order valence-electron chi connectivity index (χ1n) is 10.2. The summed E-state index contributed by atoms with van der Waals surface area (Å²) >= 11 is 0. The van der Waals surface area contributed by atoms with Gasteiger partial charge >= 0.3 is 6.03 Å². The van der Waals surface area contributed by atoms with E-state index in [1.54, 1.807) is 18.0 Å². The van der Waals surface area contributed by atoms with Gasteiger partial charge < -0.3 is 20.4 Å². The molecule has 1 saturated carbocycles. The fraction of sp³-hybridized carbons (Fsp3) is 0.650. The van der Waals surface area contributed by atoms with Crippen LogP contribution in [0.1, 0.15) is 45.4 Å². The Morgan fingerprint density at radius 1 is 1.07 bits per heavy atom. The van der Waals surface area contributed by atoms with Crippen LogP contribution in [-0.4, -0.2) is 60.1 Å². The molecular weight excluding hydrogens is 342 g/mol. The molecule has 148 valence electrons. The SMILES string of the molecule is C[C@H](NC(=O)N1CCN(c2ccccn2)CC1)C(=O)NC1CCCCCC1. The van der Waals surface area contributed by atoms with E-state index in [9.17, 15) is 9.59 Å². The highest BCUT2D eigenvalue weighted by molar-refractivity contribution is 5.86. The van der Waals surface area contributed by atoms with Crippen molar-refractivity contribution in [2.75, 3.05) is 31.1 Å². The molecule has 0 spiro atoms. The van der Waals surface area contributed by atoms with Gasteiger partial charge in [-0.15, -0.1) is 0 Å². The van der Waals surface area contributed by atoms with E-state index >= 15 is 0 Å². The Bertz CT molecular complexity index is 608. The highest BCUT2D eigenvalue weighted by atomic mass is 16.2. The normalized spacial score (nSPS) is 19.9. The van der Waals surface area contributed by atoms with Gasteiger partial charge in [-0.2, -0.15) is 0 Å². The second kappa shape index (κ2) is 9.58. The molecule has 0 unspecified atom stereocenters. The van der Waals surface area contributed by atoms with Crippen molar-refractivity contribution in [2.45, 2.75) is 57.5 Å². The monoisotopic (exact) mass is 373 g/mol. The fourth-order valence-electron chi connectivity index (χ4n) is 3.77. The molecule has 1 aromatic rings. The van der Waals surface area contributed by atoms with Gasteiger partial charge in [0.05, 0.1) is 0 Å². The topological polar surface area (TPSA) is 77.6 Å². The maximum atomic E-state index is 12.5. The van der Waals surface area contributed by atoms with Gasteiger partial charge in [0, 0.05) is 38.4 Å². The molecule has 1 aliphatic carbocycles. The Labute approximate surface area is 161 Å². The number of carbonyl (C=O) groups is 2. The smallest absolute Gasteiger partial charge is 0.318 e. The predicted octanol–water partition coefficient (Wildman–Crippen LogP) is 2.14. The first-order chi connectivity index (χ1) is 13.1. The lowest BCUT2D eigenvalue weighted by Crippen LogP contribution is -2.56. The number of rotatable bonds is 4. The molecule has 2 aliphatic rings. The second-order valence-electron chi connectivity index (χ2n) is 7.53. The summed E-state index contributed by atoms with van der Waals surface area (Å²) in [4.78, 5) is 33.2. The predicted molar refractivity (Wildman–Crippen MR) is 106 cm³/mol. The summed E-state index contributed by atoms with van der Waals surface area (Å²) in [6, 6.07) is 5.41. The zero-order chi connectivity index (χ0) is 19.1. The van der Waals surface area contributed by atoms with Crippen LogP contribution in [0, 0.1) is 0 Å². The molecule has 7 heteroatoms. The lowest BCUT2D eigenvalue weighted by Gasteiger charge is -2.35. The number of hydrogen-bond acceptors (Lipinski definition) is 4. The summed E-state index contributed by atoms with van der Waals surface area (Å²) in [6.07, 6.45) is 8.72. The fourth-order valence-corrected chi connectivity index (χ4v) is 3.77. The van der Waals surface area contributed by atoms with Crippen molar-refractivity contribution in [3.63, 3.8) is 0 Å². The van der Waals surface area contributed by atoms with Gasteiger partial charge in [0.15, 0.2) is 0 Å². The molecule has 2 heterocycles. The van der Waals surface area contributed by atoms with Gasteiger partial charge in [-0.05, 0) is 31.9 Å². The van der Waals surface area contributed by atoms with Crippen LogP contribution in [0.15, 0.2) is 24.4 Å². The first kappa shape index (κ1) is 19.5. The second-order valence-corrected chi connectivity index (χ2v) is 7.53. The Kier molecular flexibility index (Phi) is 6.90. The minimum absolute atomic E-state index is 0.0811. The van der Waals surface area contributed by atoms with E-state index in [1.807, 2.05) is 18.2 Å². The highest BCUT2D eigenvalue weighted by Crippen LogP contribution is 2.17. The maximum absolute atomic E-state index is 12.5. The Hall–Kier alpha value is -2.31. The minimum atomic E-state index is -0.519. The molecular formula is C20H31N5O2. The Morgan fingerprint density at radius 2 is 1.78 bits per heavy atom. The number of anilines is 1. The first-order valence-corrected chi connectivity index (χ1v) is 10.2. The number of piperazine rings is 1. The number of pyridine rings is 1. The highest BCUT2D eigenvalue weighted by Gasteiger charge is 2.25. The van der Waals surface area contributed by atoms with Crippen molar-refractivity contribution in [2.24, 2.45) is 0 Å². The Balaban J connectivity index is 1.42. The van der Waals surface area contributed by atoms with Crippen molar-refractivity contribution < 1.29 is 9.59 Å². The number of nitrogens with zero attached hydrogens (tertiary/aromatic N) is 3. The largest absolute Gasteiger partial charge is 0.353 e. The van der Waals surface area contributed by atoms with Crippen LogP contribution < -0.4 is 15.5 Å². The van der Waals surface area contributed by atoms with E-state index in [4.69, 9.17) is 0 Å². The third-order valence-corrected chi connectivity index (χ3v) is 5.47. The van der Waals surface area contributed by atoms with Crippen LogP contribution in [-0.2, 0) is 4.79 Å². The van der Waals surface area contributed by atoms with Crippen molar-refractivity contribution in [1.29, 1.82) is 0 Å². The van der Waals surface area contributed by atoms with Gasteiger partial charge in [0.2, 0.25) is 5.91 Å². The van der Waals surface area contributed by atoms with Crippen molar-refractivity contribution in [1.82, 2.24) is 20.5 Å². The summed E-state index contributed by atoms with van der Waals surface area (Å²) in [5.74, 6) is 0.857. The average molecular weight is 374 g/mol. The average Bonchev–Trinajstić information content (AvgIpc) is 2.97. The van der Waals surface area contributed by atoms with Crippen LogP contribution >= 0.6 is 0 Å². The number of urea groups is 1. The number of amides is 3. The lowest BCUT2D eigenvalue weighted by atomic mass is 10.1. The van der Waals surface area contributed by atoms with E-state index in [2.05, 4.69) is 20.5 Å². The van der Waals surface area contributed by atoms with E-state index in [1.165, 1.54) is 25.7 Å². The van der Waals surface area contributed by atoms with Crippen LogP contribution in [0.5, 0.6) is 0 Å². The molecule has 7 nitrogen and oxygen atoms in total. The van der Waals surface area contributed by atoms with E-state index in [0.29, 0.717) is 13.1 Å². The van der Waals surface area contributed by atoms with Gasteiger partial charge in [-0.25, -0.2) is 9.78 Å². The zero-order valence-corrected chi connectivity index (χ0v) is 16.2. The van der Waals surface area contributed by atoms with E-state index in [0.717, 1.165) is 31.7 Å². The lowest BCUT2D eigenvalue weighted by molar-refractivity contribution is -0.123. The molecule has 1 aromatic heterocycles. The molecule has 2 N–H and O–H groups in total. The summed E-state index contributed by atoms with van der Waals surface area (Å²) in [7, 11) is 0. The summed E-state index contributed by atoms with van der Waals surface area (Å²) in [5.41, 5.74) is 0. The molecule has 0 aromatic carbocycles. The van der Waals surface area contributed by atoms with Crippen molar-refractivity contribution in [3.8, 4) is 0 Å². The standard InChI is InChI=1S/C20H31N5O2/c1-16(19(26)23-17-8-4-2-3-5-9-17)22-20(27)25-14-12-24(13-15-25)18-10-6-7-11-21-18/h6-7,10-11,16-17H,2-5,8-9,12-15H2,1H3,(H,22,27)(H,23,26)/t16-/m0/s1. The molecule has 1 atom stereocenters. The summed E-state index contributed by atoms with van der Waals surface area (Å²) < 4.78 is 0. The zero-order valence-electron chi connectivity index (χ0n) is 16.2. The van der Waals surface area contributed by atoms with Gasteiger partial charge in [-0.3, -0.25) is 4.79 Å². The molecule has 1 aliphatic heterocycles. The molecule has 3 amide bonds. The van der Waals surface area contributed by atoms with Crippen LogP contribution in [0.25, 0.3) is 0 Å². The van der Waals surface area contributed by atoms with Gasteiger partial charge in [-0.1, -0.05) is 31.7 Å². The number of nitrogens with one attached hydrogen (secondary N) is 2. The third kappa shape index (κ3) is 5.58. The van der Waals surface area contributed by atoms with E-state index < -0.39 is 6.04 Å². The maximum Gasteiger partial charge on any atom is 0.318 e.